The number of hydrogen-bond acceptors (Lipinski definition) is 5. The van der Waals surface area contributed by atoms with Crippen LogP contribution in [0.15, 0.2) is 24.3 Å². The molecular weight excluding hydrogens is 356 g/mol. The third-order valence-corrected chi connectivity index (χ3v) is 4.81. The van der Waals surface area contributed by atoms with Crippen molar-refractivity contribution >= 4 is 23.5 Å². The average molecular weight is 381 g/mol. The van der Waals surface area contributed by atoms with E-state index in [2.05, 4.69) is 20.4 Å². The summed E-state index contributed by atoms with van der Waals surface area (Å²) in [5.41, 5.74) is 0. The molecule has 2 N–H and O–H groups in total. The Hall–Kier alpha value is -1.83. The maximum absolute atomic E-state index is 11.9. The van der Waals surface area contributed by atoms with Gasteiger partial charge < -0.3 is 10.1 Å². The molecule has 1 saturated heterocycles. The standard InChI is InChI=1S/C18H25ClN4O3/c19-15-3-1-2-4-16(15)26-12-11-22-7-9-23(10-8-22)13-17(24)21-18(25)20-14-5-6-14/h1-4,14H,5-13H2,(H2,20,21,24,25). The first kappa shape index (κ1) is 18.9. The van der Waals surface area contributed by atoms with Crippen LogP contribution in [0.2, 0.25) is 5.02 Å². The second-order valence-corrected chi connectivity index (χ2v) is 7.10. The number of amides is 3. The lowest BCUT2D eigenvalue weighted by Crippen LogP contribution is -2.51. The van der Waals surface area contributed by atoms with Gasteiger partial charge in [0.2, 0.25) is 5.91 Å². The fourth-order valence-corrected chi connectivity index (χ4v) is 3.03. The number of nitrogens with zero attached hydrogens (tertiary/aromatic N) is 2. The minimum Gasteiger partial charge on any atom is -0.491 e. The Kier molecular flexibility index (Phi) is 6.71. The Morgan fingerprint density at radius 3 is 2.50 bits per heavy atom. The molecule has 7 nitrogen and oxygen atoms in total. The van der Waals surface area contributed by atoms with E-state index < -0.39 is 0 Å². The SMILES string of the molecule is O=C(CN1CCN(CCOc2ccccc2Cl)CC1)NC(=O)NC1CC1. The van der Waals surface area contributed by atoms with Crippen molar-refractivity contribution in [1.29, 1.82) is 0 Å². The quantitative estimate of drug-likeness (QED) is 0.746. The van der Waals surface area contributed by atoms with Crippen molar-refractivity contribution in [3.05, 3.63) is 29.3 Å². The molecule has 1 aliphatic heterocycles. The second-order valence-electron chi connectivity index (χ2n) is 6.69. The number of imide groups is 1. The largest absolute Gasteiger partial charge is 0.491 e. The Labute approximate surface area is 158 Å². The molecule has 1 saturated carbocycles. The number of piperazine rings is 1. The molecule has 3 amide bonds. The molecule has 142 valence electrons. The van der Waals surface area contributed by atoms with Gasteiger partial charge in [-0.1, -0.05) is 23.7 Å². The number of para-hydroxylation sites is 1. The van der Waals surface area contributed by atoms with Crippen LogP contribution in [0, 0.1) is 0 Å². The van der Waals surface area contributed by atoms with Gasteiger partial charge in [0.05, 0.1) is 11.6 Å². The number of carbonyl (C=O) groups excluding carboxylic acids is 2. The minimum absolute atomic E-state index is 0.249. The topological polar surface area (TPSA) is 73.9 Å². The number of hydrogen-bond donors (Lipinski definition) is 2. The van der Waals surface area contributed by atoms with E-state index in [9.17, 15) is 9.59 Å². The third kappa shape index (κ3) is 6.16. The Morgan fingerprint density at radius 1 is 1.12 bits per heavy atom. The van der Waals surface area contributed by atoms with Crippen LogP contribution < -0.4 is 15.4 Å². The zero-order valence-corrected chi connectivity index (χ0v) is 15.5. The zero-order valence-electron chi connectivity index (χ0n) is 14.7. The van der Waals surface area contributed by atoms with Gasteiger partial charge >= 0.3 is 6.03 Å². The van der Waals surface area contributed by atoms with E-state index in [0.29, 0.717) is 17.4 Å². The Morgan fingerprint density at radius 2 is 1.81 bits per heavy atom. The highest BCUT2D eigenvalue weighted by Gasteiger charge is 2.25. The van der Waals surface area contributed by atoms with Gasteiger partial charge in [0, 0.05) is 38.8 Å². The minimum atomic E-state index is -0.382. The molecule has 0 spiro atoms. The first-order valence-corrected chi connectivity index (χ1v) is 9.40. The van der Waals surface area contributed by atoms with Crippen molar-refractivity contribution in [2.75, 3.05) is 45.9 Å². The van der Waals surface area contributed by atoms with Gasteiger partial charge in [-0.15, -0.1) is 0 Å². The smallest absolute Gasteiger partial charge is 0.321 e. The van der Waals surface area contributed by atoms with Crippen molar-refractivity contribution < 1.29 is 14.3 Å². The summed E-state index contributed by atoms with van der Waals surface area (Å²) in [6.07, 6.45) is 2.01. The summed E-state index contributed by atoms with van der Waals surface area (Å²) in [7, 11) is 0. The van der Waals surface area contributed by atoms with Crippen molar-refractivity contribution in [2.24, 2.45) is 0 Å². The molecule has 0 bridgehead atoms. The Balaban J connectivity index is 1.29. The molecule has 0 aromatic heterocycles. The van der Waals surface area contributed by atoms with Crippen LogP contribution in [0.25, 0.3) is 0 Å². The van der Waals surface area contributed by atoms with E-state index in [0.717, 1.165) is 45.6 Å². The predicted molar refractivity (Wildman–Crippen MR) is 99.5 cm³/mol. The van der Waals surface area contributed by atoms with Crippen LogP contribution in [0.3, 0.4) is 0 Å². The number of rotatable bonds is 7. The van der Waals surface area contributed by atoms with E-state index in [1.54, 1.807) is 0 Å². The van der Waals surface area contributed by atoms with E-state index >= 15 is 0 Å². The summed E-state index contributed by atoms with van der Waals surface area (Å²) in [5.74, 6) is 0.451. The second kappa shape index (κ2) is 9.21. The van der Waals surface area contributed by atoms with E-state index in [1.165, 1.54) is 0 Å². The highest BCUT2D eigenvalue weighted by Crippen LogP contribution is 2.22. The maximum Gasteiger partial charge on any atom is 0.321 e. The van der Waals surface area contributed by atoms with Gasteiger partial charge in [-0.25, -0.2) is 4.79 Å². The molecule has 1 aliphatic carbocycles. The van der Waals surface area contributed by atoms with Crippen molar-refractivity contribution in [1.82, 2.24) is 20.4 Å². The predicted octanol–water partition coefficient (Wildman–Crippen LogP) is 1.32. The molecule has 26 heavy (non-hydrogen) atoms. The highest BCUT2D eigenvalue weighted by atomic mass is 35.5. The van der Waals surface area contributed by atoms with Crippen LogP contribution >= 0.6 is 11.6 Å². The van der Waals surface area contributed by atoms with Gasteiger partial charge in [0.1, 0.15) is 12.4 Å². The molecule has 0 unspecified atom stereocenters. The first-order valence-electron chi connectivity index (χ1n) is 9.02. The summed E-state index contributed by atoms with van der Waals surface area (Å²) in [5, 5.41) is 5.76. The van der Waals surface area contributed by atoms with Gasteiger partial charge in [-0.2, -0.15) is 0 Å². The number of nitrogens with one attached hydrogen (secondary N) is 2. The van der Waals surface area contributed by atoms with Gasteiger partial charge in [0.25, 0.3) is 0 Å². The number of halogens is 1. The number of carbonyl (C=O) groups is 2. The fourth-order valence-electron chi connectivity index (χ4n) is 2.84. The highest BCUT2D eigenvalue weighted by molar-refractivity contribution is 6.32. The van der Waals surface area contributed by atoms with E-state index in [1.807, 2.05) is 24.3 Å². The maximum atomic E-state index is 11.9. The van der Waals surface area contributed by atoms with Crippen LogP contribution in [0.1, 0.15) is 12.8 Å². The number of urea groups is 1. The zero-order chi connectivity index (χ0) is 18.4. The molecule has 0 atom stereocenters. The average Bonchev–Trinajstić information content (AvgIpc) is 3.42. The fraction of sp³-hybridized carbons (Fsp3) is 0.556. The van der Waals surface area contributed by atoms with Gasteiger partial charge in [0.15, 0.2) is 0 Å². The van der Waals surface area contributed by atoms with Crippen LogP contribution in [0.5, 0.6) is 5.75 Å². The number of benzene rings is 1. The molecule has 8 heteroatoms. The third-order valence-electron chi connectivity index (χ3n) is 4.50. The molecule has 0 radical (unpaired) electrons. The summed E-state index contributed by atoms with van der Waals surface area (Å²) in [6.45, 7) is 4.97. The number of ether oxygens (including phenoxy) is 1. The molecule has 3 rings (SSSR count). The van der Waals surface area contributed by atoms with Crippen molar-refractivity contribution in [2.45, 2.75) is 18.9 Å². The Bertz CT molecular complexity index is 631. The van der Waals surface area contributed by atoms with Crippen molar-refractivity contribution in [3.8, 4) is 5.75 Å². The molecule has 2 fully saturated rings. The molecular formula is C18H25ClN4O3. The summed E-state index contributed by atoms with van der Waals surface area (Å²) >= 11 is 6.07. The van der Waals surface area contributed by atoms with Crippen LogP contribution in [-0.4, -0.2) is 73.7 Å². The van der Waals surface area contributed by atoms with Gasteiger partial charge in [-0.05, 0) is 25.0 Å². The molecule has 2 aliphatic rings. The summed E-state index contributed by atoms with van der Waals surface area (Å²) < 4.78 is 5.72. The van der Waals surface area contributed by atoms with Crippen molar-refractivity contribution in [3.63, 3.8) is 0 Å². The normalized spacial score (nSPS) is 18.3. The first-order chi connectivity index (χ1) is 12.6. The molecule has 1 heterocycles. The summed E-state index contributed by atoms with van der Waals surface area (Å²) in [4.78, 5) is 27.8. The lowest BCUT2D eigenvalue weighted by molar-refractivity contribution is -0.121. The lowest BCUT2D eigenvalue weighted by atomic mass is 10.3. The van der Waals surface area contributed by atoms with Crippen LogP contribution in [0.4, 0.5) is 4.79 Å². The molecule has 1 aromatic carbocycles. The lowest BCUT2D eigenvalue weighted by Gasteiger charge is -2.34. The monoisotopic (exact) mass is 380 g/mol. The van der Waals surface area contributed by atoms with Gasteiger partial charge in [-0.3, -0.25) is 19.9 Å². The van der Waals surface area contributed by atoms with E-state index in [4.69, 9.17) is 16.3 Å². The van der Waals surface area contributed by atoms with E-state index in [-0.39, 0.29) is 24.5 Å². The summed E-state index contributed by atoms with van der Waals surface area (Å²) in [6, 6.07) is 7.31. The molecule has 1 aromatic rings. The van der Waals surface area contributed by atoms with Crippen LogP contribution in [-0.2, 0) is 4.79 Å².